The molecule has 0 nitrogen and oxygen atoms in total. The van der Waals surface area contributed by atoms with Crippen LogP contribution in [0.5, 0.6) is 0 Å². The van der Waals surface area contributed by atoms with Gasteiger partial charge in [-0.05, 0) is 0 Å². The van der Waals surface area contributed by atoms with Gasteiger partial charge in [-0.1, -0.05) is 0 Å². The van der Waals surface area contributed by atoms with Crippen LogP contribution in [0.4, 0.5) is 0 Å². The summed E-state index contributed by atoms with van der Waals surface area (Å²) in [7, 11) is 0. The summed E-state index contributed by atoms with van der Waals surface area (Å²) in [6.45, 7) is 3.72. The van der Waals surface area contributed by atoms with Crippen molar-refractivity contribution in [1.82, 2.24) is 0 Å². The summed E-state index contributed by atoms with van der Waals surface area (Å²) in [6, 6.07) is 0. The first-order chi connectivity index (χ1) is 3.91. The molecule has 0 fully saturated rings. The molecular formula is C7H11Ni-. The fraction of sp³-hybridized carbons (Fsp3) is 0.429. The quantitative estimate of drug-likeness (QED) is 0.329. The summed E-state index contributed by atoms with van der Waals surface area (Å²) in [4.78, 5) is 1.67. The van der Waals surface area contributed by atoms with Gasteiger partial charge in [-0.25, -0.2) is 0 Å². The second kappa shape index (κ2) is 7.10. The van der Waals surface area contributed by atoms with E-state index in [1.54, 1.807) is 4.99 Å². The zero-order valence-electron chi connectivity index (χ0n) is 4.88. The number of unbranched alkanes of at least 4 members (excludes halogenated alkanes) is 2. The fourth-order valence-electron chi connectivity index (χ4n) is 0.401. The van der Waals surface area contributed by atoms with Crippen LogP contribution in [0.3, 0.4) is 0 Å². The van der Waals surface area contributed by atoms with E-state index >= 15 is 0 Å². The van der Waals surface area contributed by atoms with Crippen LogP contribution in [-0.4, -0.2) is 4.99 Å². The summed E-state index contributed by atoms with van der Waals surface area (Å²) >= 11 is 4.32. The van der Waals surface area contributed by atoms with Crippen LogP contribution in [0.25, 0.3) is 0 Å². The van der Waals surface area contributed by atoms with E-state index in [1.165, 1.54) is 6.42 Å². The van der Waals surface area contributed by atoms with E-state index in [4.69, 9.17) is 0 Å². The Kier molecular flexibility index (Phi) is 7.20. The molecule has 50 valence electrons. The van der Waals surface area contributed by atoms with Crippen molar-refractivity contribution in [3.63, 3.8) is 0 Å². The van der Waals surface area contributed by atoms with Gasteiger partial charge in [0, 0.05) is 0 Å². The molecule has 0 atom stereocenters. The predicted octanol–water partition coefficient (Wildman–Crippen LogP) is 1.90. The predicted molar refractivity (Wildman–Crippen MR) is 34.4 cm³/mol. The summed E-state index contributed by atoms with van der Waals surface area (Å²) in [5.41, 5.74) is 0. The summed E-state index contributed by atoms with van der Waals surface area (Å²) < 4.78 is 0. The normalized spacial score (nSPS) is 10.4. The Hall–Kier alpha value is 0.104. The van der Waals surface area contributed by atoms with E-state index in [1.807, 2.05) is 6.08 Å². The van der Waals surface area contributed by atoms with E-state index in [-0.39, 0.29) is 0 Å². The van der Waals surface area contributed by atoms with Gasteiger partial charge in [0.25, 0.3) is 0 Å². The molecule has 0 saturated carbocycles. The van der Waals surface area contributed by atoms with E-state index < -0.39 is 0 Å². The molecule has 0 aromatic heterocycles. The SMILES string of the molecule is [CH2-]CCC/C=C\[CH]=[Ni]. The maximum absolute atomic E-state index is 4.32. The van der Waals surface area contributed by atoms with Gasteiger partial charge in [-0.15, -0.1) is 0 Å². The van der Waals surface area contributed by atoms with Crippen molar-refractivity contribution in [1.29, 1.82) is 0 Å². The Labute approximate surface area is 58.9 Å². The number of allylic oxidation sites excluding steroid dienone is 2. The van der Waals surface area contributed by atoms with Gasteiger partial charge in [0.2, 0.25) is 0 Å². The standard InChI is InChI=1S/C7H11.Ni/c1-3-5-7-6-4-2;/h1,3,5H,2,4,6-7H2;/q-1;/b5-3-;. The zero-order valence-corrected chi connectivity index (χ0v) is 5.86. The van der Waals surface area contributed by atoms with Crippen molar-refractivity contribution in [2.75, 3.05) is 0 Å². The van der Waals surface area contributed by atoms with Crippen LogP contribution >= 0.6 is 0 Å². The van der Waals surface area contributed by atoms with Crippen molar-refractivity contribution < 1.29 is 15.0 Å². The number of rotatable bonds is 4. The molecule has 0 amide bonds. The minimum atomic E-state index is 1.02. The van der Waals surface area contributed by atoms with Crippen LogP contribution in [0.2, 0.25) is 0 Å². The zero-order chi connectivity index (χ0) is 6.24. The summed E-state index contributed by atoms with van der Waals surface area (Å²) in [5.74, 6) is 0. The van der Waals surface area contributed by atoms with E-state index in [2.05, 4.69) is 28.0 Å². The van der Waals surface area contributed by atoms with Crippen molar-refractivity contribution in [2.45, 2.75) is 19.3 Å². The molecule has 0 heterocycles. The van der Waals surface area contributed by atoms with Gasteiger partial charge in [0.05, 0.1) is 0 Å². The molecule has 1 heteroatoms. The molecule has 0 aromatic rings. The van der Waals surface area contributed by atoms with Crippen LogP contribution in [0.1, 0.15) is 19.3 Å². The van der Waals surface area contributed by atoms with Crippen LogP contribution in [-0.2, 0) is 15.0 Å². The van der Waals surface area contributed by atoms with E-state index in [0.29, 0.717) is 0 Å². The van der Waals surface area contributed by atoms with Gasteiger partial charge >= 0.3 is 58.4 Å². The molecule has 0 bridgehead atoms. The van der Waals surface area contributed by atoms with Gasteiger partial charge in [-0.3, -0.25) is 0 Å². The topological polar surface area (TPSA) is 0 Å². The third-order valence-corrected chi connectivity index (χ3v) is 1.01. The molecule has 0 N–H and O–H groups in total. The molecule has 0 aliphatic rings. The maximum atomic E-state index is 4.32. The molecule has 0 saturated heterocycles. The molecule has 0 spiro atoms. The molecule has 0 aromatic carbocycles. The average Bonchev–Trinajstić information content (AvgIpc) is 1.81. The molecule has 0 aliphatic heterocycles. The van der Waals surface area contributed by atoms with E-state index in [9.17, 15) is 0 Å². The van der Waals surface area contributed by atoms with Crippen LogP contribution in [0, 0.1) is 6.92 Å². The molecule has 0 aliphatic carbocycles. The molecule has 8 heavy (non-hydrogen) atoms. The Morgan fingerprint density at radius 2 is 2.25 bits per heavy atom. The second-order valence-corrected chi connectivity index (χ2v) is 1.86. The van der Waals surface area contributed by atoms with Crippen molar-refractivity contribution in [3.8, 4) is 0 Å². The monoisotopic (exact) mass is 153 g/mol. The second-order valence-electron chi connectivity index (χ2n) is 1.53. The minimum absolute atomic E-state index is 1.02. The van der Waals surface area contributed by atoms with Crippen molar-refractivity contribution >= 4 is 4.99 Å². The first-order valence-electron chi connectivity index (χ1n) is 2.76. The molecular weight excluding hydrogens is 143 g/mol. The fourth-order valence-corrected chi connectivity index (χ4v) is 0.536. The molecule has 0 radical (unpaired) electrons. The van der Waals surface area contributed by atoms with Gasteiger partial charge < -0.3 is 0 Å². The molecule has 0 unspecified atom stereocenters. The Morgan fingerprint density at radius 1 is 1.50 bits per heavy atom. The Balaban J connectivity index is 2.91. The summed E-state index contributed by atoms with van der Waals surface area (Å²) in [6.07, 6.45) is 7.29. The first-order valence-corrected chi connectivity index (χ1v) is 3.33. The van der Waals surface area contributed by atoms with Gasteiger partial charge in [0.1, 0.15) is 0 Å². The molecule has 0 rings (SSSR count). The van der Waals surface area contributed by atoms with Crippen molar-refractivity contribution in [3.05, 3.63) is 19.1 Å². The van der Waals surface area contributed by atoms with Crippen LogP contribution < -0.4 is 0 Å². The number of hydrogen-bond donors (Lipinski definition) is 0. The first kappa shape index (κ1) is 8.10. The third kappa shape index (κ3) is 6.10. The van der Waals surface area contributed by atoms with Crippen LogP contribution in [0.15, 0.2) is 12.2 Å². The number of hydrogen-bond acceptors (Lipinski definition) is 0. The van der Waals surface area contributed by atoms with E-state index in [0.717, 1.165) is 12.8 Å². The Morgan fingerprint density at radius 3 is 2.75 bits per heavy atom. The third-order valence-electron chi connectivity index (χ3n) is 0.818. The summed E-state index contributed by atoms with van der Waals surface area (Å²) in [5, 5.41) is 0. The van der Waals surface area contributed by atoms with Crippen molar-refractivity contribution in [2.24, 2.45) is 0 Å². The average molecular weight is 154 g/mol. The van der Waals surface area contributed by atoms with Gasteiger partial charge in [-0.2, -0.15) is 0 Å². The van der Waals surface area contributed by atoms with Gasteiger partial charge in [0.15, 0.2) is 0 Å². The Bertz CT molecular complexity index is 74.5.